The Morgan fingerprint density at radius 3 is 2.58 bits per heavy atom. The molecule has 1 N–H and O–H groups in total. The van der Waals surface area contributed by atoms with Gasteiger partial charge in [-0.25, -0.2) is 4.39 Å². The summed E-state index contributed by atoms with van der Waals surface area (Å²) in [6.07, 6.45) is 4.15. The molecule has 4 aliphatic carbocycles. The Labute approximate surface area is 183 Å². The standard InChI is InChI=1S/C25H33FO5/c1-13-8-17-16-10-19(26)18-9-15(28)6-7-23(18,3)22(16)20(29)11-24(17,4)25(13,5)21(30)12-31-14(2)27/h6-7,9,13,16-17,19-20,22,29H,8,10-12H2,1-5H3/t13-,16?,17?,19+,20+,22?,23+,24+,25-/m1/s1. The summed E-state index contributed by atoms with van der Waals surface area (Å²) >= 11 is 0. The lowest BCUT2D eigenvalue weighted by molar-refractivity contribution is -0.165. The van der Waals surface area contributed by atoms with E-state index in [2.05, 4.69) is 0 Å². The molecule has 0 aliphatic heterocycles. The molecular formula is C25H33FO5. The van der Waals surface area contributed by atoms with E-state index in [-0.39, 0.29) is 48.3 Å². The summed E-state index contributed by atoms with van der Waals surface area (Å²) in [5.74, 6) is -1.06. The minimum atomic E-state index is -1.24. The van der Waals surface area contributed by atoms with Gasteiger partial charge in [-0.15, -0.1) is 0 Å². The average Bonchev–Trinajstić information content (AvgIpc) is 2.88. The van der Waals surface area contributed by atoms with Crippen LogP contribution in [-0.2, 0) is 19.1 Å². The topological polar surface area (TPSA) is 80.7 Å². The highest BCUT2D eigenvalue weighted by molar-refractivity contribution is 6.01. The fraction of sp³-hybridized carbons (Fsp3) is 0.720. The summed E-state index contributed by atoms with van der Waals surface area (Å²) in [5, 5.41) is 11.4. The molecule has 0 heterocycles. The summed E-state index contributed by atoms with van der Waals surface area (Å²) in [6.45, 7) is 8.96. The van der Waals surface area contributed by atoms with E-state index in [0.29, 0.717) is 12.0 Å². The number of carbonyl (C=O) groups excluding carboxylic acids is 3. The highest BCUT2D eigenvalue weighted by atomic mass is 19.1. The molecule has 0 spiro atoms. The van der Waals surface area contributed by atoms with Crippen LogP contribution in [0.2, 0.25) is 0 Å². The third kappa shape index (κ3) is 2.93. The first-order valence-corrected chi connectivity index (χ1v) is 11.3. The number of allylic oxidation sites excluding steroid dienone is 4. The highest BCUT2D eigenvalue weighted by Gasteiger charge is 2.69. The highest BCUT2D eigenvalue weighted by Crippen LogP contribution is 2.71. The van der Waals surface area contributed by atoms with Crippen molar-refractivity contribution in [3.63, 3.8) is 0 Å². The zero-order valence-electron chi connectivity index (χ0n) is 19.0. The molecule has 0 bridgehead atoms. The largest absolute Gasteiger partial charge is 0.458 e. The predicted octanol–water partition coefficient (Wildman–Crippen LogP) is 3.60. The summed E-state index contributed by atoms with van der Waals surface area (Å²) in [6, 6.07) is 0. The molecule has 6 heteroatoms. The maximum absolute atomic E-state index is 15.4. The van der Waals surface area contributed by atoms with Crippen molar-refractivity contribution in [1.82, 2.24) is 0 Å². The monoisotopic (exact) mass is 432 g/mol. The first kappa shape index (κ1) is 22.4. The number of Topliss-reactive ketones (excluding diaryl/α,β-unsaturated/α-hetero) is 1. The maximum Gasteiger partial charge on any atom is 0.303 e. The molecule has 31 heavy (non-hydrogen) atoms. The van der Waals surface area contributed by atoms with Crippen molar-refractivity contribution in [3.8, 4) is 0 Å². The molecule has 3 saturated carbocycles. The summed E-state index contributed by atoms with van der Waals surface area (Å²) in [5.41, 5.74) is -1.54. The van der Waals surface area contributed by atoms with Gasteiger partial charge >= 0.3 is 5.97 Å². The zero-order chi connectivity index (χ0) is 22.9. The van der Waals surface area contributed by atoms with E-state index in [0.717, 1.165) is 6.42 Å². The molecule has 3 unspecified atom stereocenters. The second-order valence-electron chi connectivity index (χ2n) is 10.8. The second kappa shape index (κ2) is 7.09. The normalized spacial score (nSPS) is 48.4. The molecule has 5 nitrogen and oxygen atoms in total. The molecule has 170 valence electrons. The first-order valence-electron chi connectivity index (χ1n) is 11.3. The molecular weight excluding hydrogens is 399 g/mol. The van der Waals surface area contributed by atoms with E-state index in [9.17, 15) is 19.5 Å². The zero-order valence-corrected chi connectivity index (χ0v) is 19.0. The van der Waals surface area contributed by atoms with Crippen LogP contribution in [-0.4, -0.2) is 41.5 Å². The Bertz CT molecular complexity index is 892. The average molecular weight is 433 g/mol. The third-order valence-electron chi connectivity index (χ3n) is 9.63. The Morgan fingerprint density at radius 2 is 1.94 bits per heavy atom. The second-order valence-corrected chi connectivity index (χ2v) is 10.8. The molecule has 0 saturated heterocycles. The number of aliphatic hydroxyl groups excluding tert-OH is 1. The third-order valence-corrected chi connectivity index (χ3v) is 9.63. The fourth-order valence-corrected chi connectivity index (χ4v) is 7.80. The van der Waals surface area contributed by atoms with Crippen molar-refractivity contribution in [2.24, 2.45) is 39.9 Å². The van der Waals surface area contributed by atoms with Gasteiger partial charge in [0.05, 0.1) is 6.10 Å². The Hall–Kier alpha value is -1.82. The van der Waals surface area contributed by atoms with Crippen LogP contribution in [0.1, 0.15) is 53.9 Å². The number of rotatable bonds is 3. The number of alkyl halides is 1. The number of aliphatic hydroxyl groups is 1. The summed E-state index contributed by atoms with van der Waals surface area (Å²) in [7, 11) is 0. The molecule has 0 aromatic rings. The van der Waals surface area contributed by atoms with E-state index in [1.54, 1.807) is 6.08 Å². The van der Waals surface area contributed by atoms with Crippen LogP contribution in [0.15, 0.2) is 23.8 Å². The van der Waals surface area contributed by atoms with Crippen molar-refractivity contribution in [2.45, 2.75) is 66.2 Å². The Balaban J connectivity index is 1.74. The lowest BCUT2D eigenvalue weighted by atomic mass is 9.44. The van der Waals surface area contributed by atoms with Crippen molar-refractivity contribution >= 4 is 17.5 Å². The van der Waals surface area contributed by atoms with Gasteiger partial charge in [-0.3, -0.25) is 14.4 Å². The van der Waals surface area contributed by atoms with Crippen molar-refractivity contribution in [1.29, 1.82) is 0 Å². The first-order chi connectivity index (χ1) is 14.4. The van der Waals surface area contributed by atoms with Gasteiger partial charge in [0, 0.05) is 23.7 Å². The van der Waals surface area contributed by atoms with Gasteiger partial charge < -0.3 is 9.84 Å². The van der Waals surface area contributed by atoms with E-state index in [1.165, 1.54) is 19.1 Å². The van der Waals surface area contributed by atoms with Crippen molar-refractivity contribution in [3.05, 3.63) is 23.8 Å². The smallest absolute Gasteiger partial charge is 0.303 e. The quantitative estimate of drug-likeness (QED) is 0.690. The molecule has 3 fully saturated rings. The Morgan fingerprint density at radius 1 is 1.26 bits per heavy atom. The van der Waals surface area contributed by atoms with Crippen molar-refractivity contribution in [2.75, 3.05) is 6.61 Å². The van der Waals surface area contributed by atoms with E-state index in [4.69, 9.17) is 4.74 Å². The fourth-order valence-electron chi connectivity index (χ4n) is 7.80. The molecule has 4 aliphatic rings. The van der Waals surface area contributed by atoms with Crippen LogP contribution >= 0.6 is 0 Å². The minimum Gasteiger partial charge on any atom is -0.458 e. The van der Waals surface area contributed by atoms with E-state index < -0.39 is 34.5 Å². The van der Waals surface area contributed by atoms with E-state index >= 15 is 4.39 Å². The number of halogens is 1. The van der Waals surface area contributed by atoms with Crippen LogP contribution in [0.4, 0.5) is 4.39 Å². The summed E-state index contributed by atoms with van der Waals surface area (Å²) < 4.78 is 20.5. The van der Waals surface area contributed by atoms with Gasteiger partial charge in [-0.2, -0.15) is 0 Å². The molecule has 0 aromatic heterocycles. The number of ether oxygens (including phenoxy) is 1. The SMILES string of the molecule is CC(=O)OCC(=O)[C@@]1(C)[C@H](C)CC2C3C[C@H](F)C4=CC(=O)C=C[C@]4(C)C3[C@@H](O)C[C@@]21C. The Kier molecular flexibility index (Phi) is 5.12. The van der Waals surface area contributed by atoms with Gasteiger partial charge in [0.15, 0.2) is 18.2 Å². The van der Waals surface area contributed by atoms with Gasteiger partial charge in [0.1, 0.15) is 6.17 Å². The van der Waals surface area contributed by atoms with Crippen LogP contribution in [0, 0.1) is 39.9 Å². The number of hydrogen-bond donors (Lipinski definition) is 1. The number of ketones is 2. The number of esters is 1. The lowest BCUT2D eigenvalue weighted by Gasteiger charge is -2.60. The van der Waals surface area contributed by atoms with Crippen molar-refractivity contribution < 1.29 is 28.6 Å². The minimum absolute atomic E-state index is 0.0165. The van der Waals surface area contributed by atoms with Gasteiger partial charge in [-0.1, -0.05) is 33.8 Å². The number of carbonyl (C=O) groups is 3. The van der Waals surface area contributed by atoms with Gasteiger partial charge in [0.25, 0.3) is 0 Å². The lowest BCUT2D eigenvalue weighted by Crippen LogP contribution is -2.60. The molecule has 0 amide bonds. The number of hydrogen-bond acceptors (Lipinski definition) is 5. The van der Waals surface area contributed by atoms with Gasteiger partial charge in [0.2, 0.25) is 0 Å². The van der Waals surface area contributed by atoms with Gasteiger partial charge in [-0.05, 0) is 60.2 Å². The molecule has 0 radical (unpaired) electrons. The van der Waals surface area contributed by atoms with Crippen LogP contribution < -0.4 is 0 Å². The van der Waals surface area contributed by atoms with E-state index in [1.807, 2.05) is 27.7 Å². The predicted molar refractivity (Wildman–Crippen MR) is 113 cm³/mol. The van der Waals surface area contributed by atoms with Crippen LogP contribution in [0.5, 0.6) is 0 Å². The maximum atomic E-state index is 15.4. The molecule has 0 aromatic carbocycles. The summed E-state index contributed by atoms with van der Waals surface area (Å²) in [4.78, 5) is 36.5. The van der Waals surface area contributed by atoms with Crippen LogP contribution in [0.3, 0.4) is 0 Å². The molecule has 4 rings (SSSR count). The number of fused-ring (bicyclic) bond motifs is 5. The van der Waals surface area contributed by atoms with Crippen LogP contribution in [0.25, 0.3) is 0 Å². The molecule has 9 atom stereocenters.